The molecule has 2 aromatic rings. The van der Waals surface area contributed by atoms with Crippen LogP contribution in [-0.4, -0.2) is 31.8 Å². The zero-order valence-corrected chi connectivity index (χ0v) is 8.21. The number of hydrogen-bond acceptors (Lipinski definition) is 6. The maximum atomic E-state index is 11.4. The lowest BCUT2D eigenvalue weighted by Gasteiger charge is -2.03. The molecule has 0 radical (unpaired) electrons. The van der Waals surface area contributed by atoms with Crippen LogP contribution in [-0.2, 0) is 0 Å². The van der Waals surface area contributed by atoms with E-state index < -0.39 is 5.56 Å². The fraction of sp³-hybridized carbons (Fsp3) is 0.125. The van der Waals surface area contributed by atoms with E-state index in [1.807, 2.05) is 0 Å². The number of nitrogens with one attached hydrogen (secondary N) is 1. The highest BCUT2D eigenvalue weighted by atomic mass is 16.5. The highest BCUT2D eigenvalue weighted by Crippen LogP contribution is 2.12. The Morgan fingerprint density at radius 2 is 2.38 bits per heavy atom. The maximum absolute atomic E-state index is 11.4. The molecule has 0 saturated heterocycles. The second-order valence-electron chi connectivity index (χ2n) is 2.71. The lowest BCUT2D eigenvalue weighted by Crippen LogP contribution is -2.14. The predicted octanol–water partition coefficient (Wildman–Crippen LogP) is -0.769. The van der Waals surface area contributed by atoms with Gasteiger partial charge in [0.05, 0.1) is 13.4 Å². The summed E-state index contributed by atoms with van der Waals surface area (Å²) in [6.45, 7) is 0. The van der Waals surface area contributed by atoms with E-state index in [4.69, 9.17) is 10.00 Å². The van der Waals surface area contributed by atoms with Gasteiger partial charge in [-0.15, -0.1) is 5.10 Å². The van der Waals surface area contributed by atoms with E-state index >= 15 is 0 Å². The van der Waals surface area contributed by atoms with Crippen LogP contribution >= 0.6 is 0 Å². The number of nitriles is 1. The first kappa shape index (κ1) is 9.85. The minimum atomic E-state index is -0.429. The predicted molar refractivity (Wildman–Crippen MR) is 51.0 cm³/mol. The molecular weight excluding hydrogens is 212 g/mol. The molecule has 0 aliphatic carbocycles. The van der Waals surface area contributed by atoms with Crippen LogP contribution in [0, 0.1) is 11.3 Å². The molecule has 80 valence electrons. The van der Waals surface area contributed by atoms with Gasteiger partial charge in [-0.3, -0.25) is 4.79 Å². The van der Waals surface area contributed by atoms with Crippen LogP contribution in [0.3, 0.4) is 0 Å². The molecule has 16 heavy (non-hydrogen) atoms. The van der Waals surface area contributed by atoms with Crippen LogP contribution in [0.4, 0.5) is 0 Å². The van der Waals surface area contributed by atoms with E-state index in [2.05, 4.69) is 20.1 Å². The topological polar surface area (TPSA) is 109 Å². The molecule has 0 unspecified atom stereocenters. The fourth-order valence-corrected chi connectivity index (χ4v) is 1.14. The first-order valence-corrected chi connectivity index (χ1v) is 4.20. The van der Waals surface area contributed by atoms with Crippen molar-refractivity contribution in [1.82, 2.24) is 24.7 Å². The molecule has 8 heteroatoms. The third-order valence-electron chi connectivity index (χ3n) is 1.80. The summed E-state index contributed by atoms with van der Waals surface area (Å²) in [5.74, 6) is 0.182. The minimum Gasteiger partial charge on any atom is -0.488 e. The van der Waals surface area contributed by atoms with Crippen molar-refractivity contribution in [3.8, 4) is 17.6 Å². The summed E-state index contributed by atoms with van der Waals surface area (Å²) in [6, 6.07) is 1.77. The van der Waals surface area contributed by atoms with Crippen molar-refractivity contribution in [3.63, 3.8) is 0 Å². The standard InChI is InChI=1S/C8H6N6O2/c1-16-6-7(10-3-11-8(6)15)14-4-12-5(2-9)13-14/h3-4H,1H3,(H,10,11,15). The van der Waals surface area contributed by atoms with Crippen molar-refractivity contribution < 1.29 is 4.74 Å². The SMILES string of the molecule is COc1c(-n2cnc(C#N)n2)nc[nH]c1=O. The number of hydrogen-bond donors (Lipinski definition) is 1. The summed E-state index contributed by atoms with van der Waals surface area (Å²) in [5, 5.41) is 12.4. The molecule has 8 nitrogen and oxygen atoms in total. The fourth-order valence-electron chi connectivity index (χ4n) is 1.14. The quantitative estimate of drug-likeness (QED) is 0.708. The van der Waals surface area contributed by atoms with Crippen molar-refractivity contribution in [1.29, 1.82) is 5.26 Å². The normalized spacial score (nSPS) is 9.75. The van der Waals surface area contributed by atoms with Crippen LogP contribution in [0.5, 0.6) is 5.75 Å². The van der Waals surface area contributed by atoms with E-state index in [0.717, 1.165) is 0 Å². The van der Waals surface area contributed by atoms with E-state index in [9.17, 15) is 4.79 Å². The molecular formula is C8H6N6O2. The molecule has 0 aliphatic heterocycles. The van der Waals surface area contributed by atoms with E-state index in [1.165, 1.54) is 24.4 Å². The zero-order valence-electron chi connectivity index (χ0n) is 8.21. The Kier molecular flexibility index (Phi) is 2.35. The zero-order chi connectivity index (χ0) is 11.5. The average Bonchev–Trinajstić information content (AvgIpc) is 2.77. The van der Waals surface area contributed by atoms with Gasteiger partial charge in [0.2, 0.25) is 11.6 Å². The molecule has 2 aromatic heterocycles. The van der Waals surface area contributed by atoms with E-state index in [1.54, 1.807) is 6.07 Å². The third kappa shape index (κ3) is 1.50. The maximum Gasteiger partial charge on any atom is 0.295 e. The molecule has 1 N–H and O–H groups in total. The molecule has 0 bridgehead atoms. The van der Waals surface area contributed by atoms with Crippen molar-refractivity contribution in [2.24, 2.45) is 0 Å². The van der Waals surface area contributed by atoms with Crippen molar-refractivity contribution >= 4 is 0 Å². The Labute approximate surface area is 89.2 Å². The molecule has 0 amide bonds. The van der Waals surface area contributed by atoms with Gasteiger partial charge < -0.3 is 9.72 Å². The van der Waals surface area contributed by atoms with Gasteiger partial charge in [0, 0.05) is 0 Å². The van der Waals surface area contributed by atoms with Gasteiger partial charge in [-0.2, -0.15) is 9.94 Å². The van der Waals surface area contributed by atoms with Crippen LogP contribution in [0.25, 0.3) is 5.82 Å². The van der Waals surface area contributed by atoms with Crippen molar-refractivity contribution in [2.75, 3.05) is 7.11 Å². The van der Waals surface area contributed by atoms with E-state index in [-0.39, 0.29) is 17.4 Å². The average molecular weight is 218 g/mol. The Morgan fingerprint density at radius 3 is 3.00 bits per heavy atom. The van der Waals surface area contributed by atoms with Crippen LogP contribution < -0.4 is 10.3 Å². The molecule has 0 atom stereocenters. The molecule has 0 aromatic carbocycles. The highest BCUT2D eigenvalue weighted by Gasteiger charge is 2.12. The number of H-pyrrole nitrogens is 1. The third-order valence-corrected chi connectivity index (χ3v) is 1.80. The summed E-state index contributed by atoms with van der Waals surface area (Å²) in [6.07, 6.45) is 2.50. The second-order valence-corrected chi connectivity index (χ2v) is 2.71. The Balaban J connectivity index is 2.60. The summed E-state index contributed by atoms with van der Waals surface area (Å²) >= 11 is 0. The van der Waals surface area contributed by atoms with Crippen molar-refractivity contribution in [3.05, 3.63) is 28.8 Å². The van der Waals surface area contributed by atoms with Crippen molar-refractivity contribution in [2.45, 2.75) is 0 Å². The molecule has 0 spiro atoms. The monoisotopic (exact) mass is 218 g/mol. The molecule has 0 fully saturated rings. The Morgan fingerprint density at radius 1 is 1.56 bits per heavy atom. The smallest absolute Gasteiger partial charge is 0.295 e. The first-order valence-electron chi connectivity index (χ1n) is 4.20. The Bertz CT molecular complexity index is 607. The molecule has 2 heterocycles. The molecule has 2 rings (SSSR count). The van der Waals surface area contributed by atoms with Crippen LogP contribution in [0.2, 0.25) is 0 Å². The summed E-state index contributed by atoms with van der Waals surface area (Å²) < 4.78 is 6.10. The van der Waals surface area contributed by atoms with Gasteiger partial charge in [0.15, 0.2) is 0 Å². The molecule has 0 aliphatic rings. The van der Waals surface area contributed by atoms with E-state index in [0.29, 0.717) is 0 Å². The van der Waals surface area contributed by atoms with Crippen LogP contribution in [0.1, 0.15) is 5.82 Å². The second kappa shape index (κ2) is 3.82. The minimum absolute atomic E-state index is 0.0101. The number of methoxy groups -OCH3 is 1. The lowest BCUT2D eigenvalue weighted by molar-refractivity contribution is 0.402. The largest absolute Gasteiger partial charge is 0.488 e. The summed E-state index contributed by atoms with van der Waals surface area (Å²) in [7, 11) is 1.35. The number of ether oxygens (including phenoxy) is 1. The lowest BCUT2D eigenvalue weighted by atomic mass is 10.5. The van der Waals surface area contributed by atoms with Gasteiger partial charge in [0.1, 0.15) is 12.4 Å². The Hall–Kier alpha value is -2.69. The summed E-state index contributed by atoms with van der Waals surface area (Å²) in [4.78, 5) is 21.3. The van der Waals surface area contributed by atoms with Gasteiger partial charge >= 0.3 is 0 Å². The summed E-state index contributed by atoms with van der Waals surface area (Å²) in [5.41, 5.74) is -0.429. The number of aromatic amines is 1. The van der Waals surface area contributed by atoms with Gasteiger partial charge in [-0.05, 0) is 0 Å². The first-order chi connectivity index (χ1) is 7.76. The van der Waals surface area contributed by atoms with Gasteiger partial charge in [-0.25, -0.2) is 9.97 Å². The van der Waals surface area contributed by atoms with Gasteiger partial charge in [0.25, 0.3) is 11.4 Å². The highest BCUT2D eigenvalue weighted by molar-refractivity contribution is 5.36. The number of rotatable bonds is 2. The molecule has 0 saturated carbocycles. The van der Waals surface area contributed by atoms with Crippen LogP contribution in [0.15, 0.2) is 17.4 Å². The number of aromatic nitrogens is 5. The number of nitrogens with zero attached hydrogens (tertiary/aromatic N) is 5. The van der Waals surface area contributed by atoms with Gasteiger partial charge in [-0.1, -0.05) is 0 Å².